The maximum Gasteiger partial charge on any atom is 0.321 e. The van der Waals surface area contributed by atoms with Crippen LogP contribution in [0.3, 0.4) is 0 Å². The lowest BCUT2D eigenvalue weighted by Gasteiger charge is -2.18. The summed E-state index contributed by atoms with van der Waals surface area (Å²) >= 11 is 1.56. The van der Waals surface area contributed by atoms with Gasteiger partial charge in [-0.3, -0.25) is 4.79 Å². The van der Waals surface area contributed by atoms with E-state index in [4.69, 9.17) is 10.8 Å². The predicted molar refractivity (Wildman–Crippen MR) is 55.1 cm³/mol. The van der Waals surface area contributed by atoms with Crippen molar-refractivity contribution in [3.63, 3.8) is 0 Å². The fourth-order valence-corrected chi connectivity index (χ4v) is 1.23. The van der Waals surface area contributed by atoms with Crippen molar-refractivity contribution in [2.24, 2.45) is 5.73 Å². The Morgan fingerprint density at radius 3 is 2.25 bits per heavy atom. The van der Waals surface area contributed by atoms with Gasteiger partial charge in [-0.15, -0.1) is 12.4 Å². The standard InChI is InChI=1S/C7H15NO2S.ClH/c1-7(2,3)11-4-5(8)6(9)10;/h5H,4,8H2,1-3H3,(H,9,10);1H/t5-;/m0./s1. The summed E-state index contributed by atoms with van der Waals surface area (Å²) in [5.41, 5.74) is 5.30. The molecular weight excluding hydrogens is 198 g/mol. The van der Waals surface area contributed by atoms with Gasteiger partial charge in [-0.1, -0.05) is 20.8 Å². The Morgan fingerprint density at radius 2 is 2.00 bits per heavy atom. The number of nitrogens with two attached hydrogens (primary N) is 1. The number of halogens is 1. The molecule has 0 aromatic rings. The average Bonchev–Trinajstić information content (AvgIpc) is 1.80. The number of thioether (sulfide) groups is 1. The van der Waals surface area contributed by atoms with Crippen LogP contribution in [0.4, 0.5) is 0 Å². The zero-order chi connectivity index (χ0) is 9.07. The molecule has 0 heterocycles. The smallest absolute Gasteiger partial charge is 0.321 e. The van der Waals surface area contributed by atoms with Crippen molar-refractivity contribution >= 4 is 30.1 Å². The fourth-order valence-electron chi connectivity index (χ4n) is 0.411. The molecule has 12 heavy (non-hydrogen) atoms. The van der Waals surface area contributed by atoms with E-state index >= 15 is 0 Å². The van der Waals surface area contributed by atoms with Crippen LogP contribution in [0.1, 0.15) is 20.8 Å². The third kappa shape index (κ3) is 8.17. The fraction of sp³-hybridized carbons (Fsp3) is 0.857. The summed E-state index contributed by atoms with van der Waals surface area (Å²) < 4.78 is 0.0903. The maximum absolute atomic E-state index is 10.3. The van der Waals surface area contributed by atoms with Crippen LogP contribution < -0.4 is 5.73 Å². The SMILES string of the molecule is CC(C)(C)SC[C@H](N)C(=O)O.Cl. The molecule has 0 radical (unpaired) electrons. The largest absolute Gasteiger partial charge is 0.480 e. The van der Waals surface area contributed by atoms with Crippen LogP contribution in [0, 0.1) is 0 Å². The molecular formula is C7H16ClNO2S. The van der Waals surface area contributed by atoms with Crippen molar-refractivity contribution in [3.8, 4) is 0 Å². The minimum atomic E-state index is -0.929. The Balaban J connectivity index is 0. The van der Waals surface area contributed by atoms with E-state index in [1.54, 1.807) is 11.8 Å². The highest BCUT2D eigenvalue weighted by molar-refractivity contribution is 8.00. The Morgan fingerprint density at radius 1 is 1.58 bits per heavy atom. The van der Waals surface area contributed by atoms with E-state index in [0.29, 0.717) is 5.75 Å². The number of rotatable bonds is 3. The maximum atomic E-state index is 10.3. The number of hydrogen-bond acceptors (Lipinski definition) is 3. The van der Waals surface area contributed by atoms with Crippen LogP contribution in [0.2, 0.25) is 0 Å². The van der Waals surface area contributed by atoms with Gasteiger partial charge >= 0.3 is 5.97 Å². The Bertz CT molecular complexity index is 147. The van der Waals surface area contributed by atoms with Gasteiger partial charge in [-0.25, -0.2) is 0 Å². The molecule has 0 saturated heterocycles. The number of hydrogen-bond donors (Lipinski definition) is 2. The minimum Gasteiger partial charge on any atom is -0.480 e. The van der Waals surface area contributed by atoms with E-state index in [9.17, 15) is 4.79 Å². The lowest BCUT2D eigenvalue weighted by atomic mass is 10.3. The van der Waals surface area contributed by atoms with E-state index in [1.165, 1.54) is 0 Å². The van der Waals surface area contributed by atoms with E-state index in [2.05, 4.69) is 0 Å². The van der Waals surface area contributed by atoms with Gasteiger partial charge in [0.15, 0.2) is 0 Å². The first kappa shape index (κ1) is 14.6. The molecule has 0 rings (SSSR count). The topological polar surface area (TPSA) is 63.3 Å². The molecule has 3 N–H and O–H groups in total. The molecule has 0 aromatic carbocycles. The molecule has 5 heteroatoms. The zero-order valence-corrected chi connectivity index (χ0v) is 9.17. The monoisotopic (exact) mass is 213 g/mol. The van der Waals surface area contributed by atoms with Crippen LogP contribution in [-0.2, 0) is 4.79 Å². The van der Waals surface area contributed by atoms with E-state index in [0.717, 1.165) is 0 Å². The molecule has 0 aliphatic carbocycles. The summed E-state index contributed by atoms with van der Waals surface area (Å²) in [6.07, 6.45) is 0. The molecule has 74 valence electrons. The van der Waals surface area contributed by atoms with Crippen molar-refractivity contribution in [1.29, 1.82) is 0 Å². The highest BCUT2D eigenvalue weighted by atomic mass is 35.5. The van der Waals surface area contributed by atoms with Crippen molar-refractivity contribution in [2.45, 2.75) is 31.6 Å². The molecule has 0 amide bonds. The predicted octanol–water partition coefficient (Wildman–Crippen LogP) is 1.35. The first-order valence-corrected chi connectivity index (χ1v) is 4.44. The van der Waals surface area contributed by atoms with Gasteiger partial charge in [0.1, 0.15) is 6.04 Å². The first-order valence-electron chi connectivity index (χ1n) is 3.45. The van der Waals surface area contributed by atoms with Crippen molar-refractivity contribution in [1.82, 2.24) is 0 Å². The summed E-state index contributed by atoms with van der Waals surface area (Å²) in [6.45, 7) is 6.10. The van der Waals surface area contributed by atoms with Gasteiger partial charge in [-0.2, -0.15) is 11.8 Å². The van der Waals surface area contributed by atoms with Gasteiger partial charge in [-0.05, 0) is 0 Å². The molecule has 0 aliphatic rings. The molecule has 0 spiro atoms. The Kier molecular flexibility index (Phi) is 6.89. The lowest BCUT2D eigenvalue weighted by Crippen LogP contribution is -2.33. The average molecular weight is 214 g/mol. The second-order valence-electron chi connectivity index (χ2n) is 3.37. The van der Waals surface area contributed by atoms with Crippen molar-refractivity contribution in [2.75, 3.05) is 5.75 Å². The number of carboxylic acid groups (broad SMARTS) is 1. The van der Waals surface area contributed by atoms with E-state index in [-0.39, 0.29) is 17.2 Å². The Labute approximate surface area is 83.5 Å². The number of aliphatic carboxylic acids is 1. The number of carbonyl (C=O) groups is 1. The van der Waals surface area contributed by atoms with Gasteiger partial charge < -0.3 is 10.8 Å². The highest BCUT2D eigenvalue weighted by Gasteiger charge is 2.16. The molecule has 1 atom stereocenters. The molecule has 0 fully saturated rings. The molecule has 0 bridgehead atoms. The van der Waals surface area contributed by atoms with Gasteiger partial charge in [0.05, 0.1) is 0 Å². The van der Waals surface area contributed by atoms with Crippen LogP contribution >= 0.6 is 24.2 Å². The van der Waals surface area contributed by atoms with Crippen molar-refractivity contribution in [3.05, 3.63) is 0 Å². The van der Waals surface area contributed by atoms with Gasteiger partial charge in [0.2, 0.25) is 0 Å². The van der Waals surface area contributed by atoms with Crippen molar-refractivity contribution < 1.29 is 9.90 Å². The lowest BCUT2D eigenvalue weighted by molar-refractivity contribution is -0.137. The van der Waals surface area contributed by atoms with Gasteiger partial charge in [0, 0.05) is 10.5 Å². The molecule has 0 aromatic heterocycles. The number of carboxylic acids is 1. The highest BCUT2D eigenvalue weighted by Crippen LogP contribution is 2.23. The van der Waals surface area contributed by atoms with Crippen LogP contribution in [0.5, 0.6) is 0 Å². The van der Waals surface area contributed by atoms with Crippen LogP contribution in [0.15, 0.2) is 0 Å². The summed E-state index contributed by atoms with van der Waals surface area (Å²) in [6, 6.07) is -0.737. The second kappa shape index (κ2) is 5.67. The minimum absolute atomic E-state index is 0. The molecule has 3 nitrogen and oxygen atoms in total. The van der Waals surface area contributed by atoms with Crippen LogP contribution in [-0.4, -0.2) is 27.6 Å². The first-order chi connectivity index (χ1) is 4.83. The van der Waals surface area contributed by atoms with Crippen LogP contribution in [0.25, 0.3) is 0 Å². The normalized spacial score (nSPS) is 13.3. The third-order valence-corrected chi connectivity index (χ3v) is 2.40. The van der Waals surface area contributed by atoms with E-state index in [1.807, 2.05) is 20.8 Å². The second-order valence-corrected chi connectivity index (χ2v) is 5.21. The summed E-state index contributed by atoms with van der Waals surface area (Å²) in [4.78, 5) is 10.3. The van der Waals surface area contributed by atoms with E-state index < -0.39 is 12.0 Å². The quantitative estimate of drug-likeness (QED) is 0.743. The summed E-state index contributed by atoms with van der Waals surface area (Å²) in [5, 5.41) is 8.44. The molecule has 0 saturated carbocycles. The zero-order valence-electron chi connectivity index (χ0n) is 7.53. The Hall–Kier alpha value is 0.0700. The molecule has 0 unspecified atom stereocenters. The summed E-state index contributed by atoms with van der Waals surface area (Å²) in [5.74, 6) is -0.458. The third-order valence-electron chi connectivity index (χ3n) is 1.01. The van der Waals surface area contributed by atoms with Gasteiger partial charge in [0.25, 0.3) is 0 Å². The summed E-state index contributed by atoms with van der Waals surface area (Å²) in [7, 11) is 0. The molecule has 0 aliphatic heterocycles.